The Kier molecular flexibility index (Phi) is 5.48. The molecule has 0 radical (unpaired) electrons. The van der Waals surface area contributed by atoms with Crippen LogP contribution in [0.15, 0.2) is 64.6 Å². The highest BCUT2D eigenvalue weighted by Crippen LogP contribution is 2.13. The van der Waals surface area contributed by atoms with Crippen molar-refractivity contribution in [3.05, 3.63) is 60.2 Å². The number of nitrogens with one attached hydrogen (secondary N) is 2. The van der Waals surface area contributed by atoms with Crippen LogP contribution in [0.25, 0.3) is 0 Å². The van der Waals surface area contributed by atoms with E-state index in [0.717, 1.165) is 5.56 Å². The maximum atomic E-state index is 12.1. The van der Waals surface area contributed by atoms with Crippen molar-refractivity contribution >= 4 is 27.7 Å². The lowest BCUT2D eigenvalue weighted by molar-refractivity contribution is -0.115. The van der Waals surface area contributed by atoms with Crippen molar-refractivity contribution in [2.24, 2.45) is 5.10 Å². The van der Waals surface area contributed by atoms with Gasteiger partial charge >= 0.3 is 0 Å². The van der Waals surface area contributed by atoms with E-state index in [0.29, 0.717) is 5.69 Å². The minimum Gasteiger partial charge on any atom is -0.378 e. The molecule has 0 fully saturated rings. The Hall–Kier alpha value is -2.67. The number of anilines is 1. The molecule has 2 aromatic carbocycles. The van der Waals surface area contributed by atoms with Crippen LogP contribution in [0.3, 0.4) is 0 Å². The van der Waals surface area contributed by atoms with E-state index in [-0.39, 0.29) is 17.2 Å². The van der Waals surface area contributed by atoms with Gasteiger partial charge in [-0.15, -0.1) is 0 Å². The third-order valence-electron chi connectivity index (χ3n) is 2.89. The topological polar surface area (TPSA) is 87.6 Å². The summed E-state index contributed by atoms with van der Waals surface area (Å²) in [5.74, 6) is -0.00128. The average molecular weight is 331 g/mol. The minimum atomic E-state index is -3.72. The van der Waals surface area contributed by atoms with Crippen LogP contribution in [0, 0.1) is 0 Å². The van der Waals surface area contributed by atoms with Crippen LogP contribution in [0.2, 0.25) is 0 Å². The summed E-state index contributed by atoms with van der Waals surface area (Å²) in [7, 11) is -3.72. The van der Waals surface area contributed by atoms with E-state index in [2.05, 4.69) is 15.2 Å². The largest absolute Gasteiger partial charge is 0.378 e. The molecule has 0 atom stereocenters. The molecule has 120 valence electrons. The normalized spacial score (nSPS) is 11.3. The van der Waals surface area contributed by atoms with Crippen LogP contribution in [-0.4, -0.2) is 27.0 Å². The number of sulfonamides is 1. The number of carbonyl (C=O) groups is 1. The average Bonchev–Trinajstić information content (AvgIpc) is 2.54. The third kappa shape index (κ3) is 5.23. The molecule has 6 nitrogen and oxygen atoms in total. The number of hydrazone groups is 1. The SMILES string of the molecule is CC(=O)CNc1ccc(S(=O)(=O)NN=Cc2ccccc2)cc1. The monoisotopic (exact) mass is 331 g/mol. The molecule has 0 saturated heterocycles. The smallest absolute Gasteiger partial charge is 0.276 e. The number of rotatable bonds is 7. The van der Waals surface area contributed by atoms with Gasteiger partial charge in [-0.2, -0.15) is 13.5 Å². The fraction of sp³-hybridized carbons (Fsp3) is 0.125. The number of nitrogens with zero attached hydrogens (tertiary/aromatic N) is 1. The molecule has 0 aromatic heterocycles. The van der Waals surface area contributed by atoms with Crippen molar-refractivity contribution in [1.82, 2.24) is 4.83 Å². The first-order chi connectivity index (χ1) is 11.0. The second-order valence-electron chi connectivity index (χ2n) is 4.84. The molecule has 0 bridgehead atoms. The Morgan fingerprint density at radius 1 is 1.09 bits per heavy atom. The molecule has 23 heavy (non-hydrogen) atoms. The predicted molar refractivity (Wildman–Crippen MR) is 90.0 cm³/mol. The molecule has 0 saturated carbocycles. The first-order valence-corrected chi connectivity index (χ1v) is 8.39. The number of Topliss-reactive ketones (excluding diaryl/α,β-unsaturated/α-hetero) is 1. The second kappa shape index (κ2) is 7.55. The van der Waals surface area contributed by atoms with Gasteiger partial charge in [-0.3, -0.25) is 4.79 Å². The number of ketones is 1. The van der Waals surface area contributed by atoms with Crippen LogP contribution in [0.5, 0.6) is 0 Å². The zero-order valence-corrected chi connectivity index (χ0v) is 13.4. The fourth-order valence-electron chi connectivity index (χ4n) is 1.74. The molecule has 0 spiro atoms. The summed E-state index contributed by atoms with van der Waals surface area (Å²) in [5, 5.41) is 6.64. The minimum absolute atomic E-state index is 0.00128. The van der Waals surface area contributed by atoms with Gasteiger partial charge in [0.15, 0.2) is 0 Å². The summed E-state index contributed by atoms with van der Waals surface area (Å²) in [6.07, 6.45) is 1.43. The first-order valence-electron chi connectivity index (χ1n) is 6.91. The summed E-state index contributed by atoms with van der Waals surface area (Å²) < 4.78 is 24.2. The van der Waals surface area contributed by atoms with E-state index in [1.54, 1.807) is 12.1 Å². The Balaban J connectivity index is 2.01. The van der Waals surface area contributed by atoms with E-state index in [1.807, 2.05) is 30.3 Å². The second-order valence-corrected chi connectivity index (χ2v) is 6.50. The molecule has 7 heteroatoms. The van der Waals surface area contributed by atoms with E-state index in [4.69, 9.17) is 0 Å². The quantitative estimate of drug-likeness (QED) is 0.600. The molecule has 0 unspecified atom stereocenters. The summed E-state index contributed by atoms with van der Waals surface area (Å²) >= 11 is 0. The number of hydrogen-bond donors (Lipinski definition) is 2. The Labute approximate surface area is 135 Å². The molecule has 0 aliphatic carbocycles. The highest BCUT2D eigenvalue weighted by Gasteiger charge is 2.12. The molecule has 0 heterocycles. The van der Waals surface area contributed by atoms with Gasteiger partial charge in [-0.1, -0.05) is 30.3 Å². The Morgan fingerprint density at radius 3 is 2.35 bits per heavy atom. The van der Waals surface area contributed by atoms with Gasteiger partial charge in [-0.05, 0) is 36.8 Å². The zero-order chi connectivity index (χ0) is 16.7. The van der Waals surface area contributed by atoms with E-state index in [1.165, 1.54) is 25.3 Å². The lowest BCUT2D eigenvalue weighted by Crippen LogP contribution is -2.18. The Morgan fingerprint density at radius 2 is 1.74 bits per heavy atom. The molecule has 0 amide bonds. The van der Waals surface area contributed by atoms with E-state index < -0.39 is 10.0 Å². The van der Waals surface area contributed by atoms with E-state index >= 15 is 0 Å². The van der Waals surface area contributed by atoms with Crippen molar-refractivity contribution < 1.29 is 13.2 Å². The molecule has 2 N–H and O–H groups in total. The number of carbonyl (C=O) groups excluding carboxylic acids is 1. The lowest BCUT2D eigenvalue weighted by Gasteiger charge is -2.06. The molecule has 2 aromatic rings. The molecular weight excluding hydrogens is 314 g/mol. The molecule has 0 aliphatic heterocycles. The van der Waals surface area contributed by atoms with Crippen molar-refractivity contribution in [2.75, 3.05) is 11.9 Å². The lowest BCUT2D eigenvalue weighted by atomic mass is 10.2. The summed E-state index contributed by atoms with van der Waals surface area (Å²) in [6, 6.07) is 15.2. The first kappa shape index (κ1) is 16.7. The van der Waals surface area contributed by atoms with Crippen LogP contribution in [0.4, 0.5) is 5.69 Å². The predicted octanol–water partition coefficient (Wildman–Crippen LogP) is 2.00. The van der Waals surface area contributed by atoms with Gasteiger partial charge in [0.25, 0.3) is 10.0 Å². The van der Waals surface area contributed by atoms with Crippen LogP contribution in [0.1, 0.15) is 12.5 Å². The van der Waals surface area contributed by atoms with Gasteiger partial charge in [0, 0.05) is 5.69 Å². The fourth-order valence-corrected chi connectivity index (χ4v) is 2.53. The zero-order valence-electron chi connectivity index (χ0n) is 12.6. The number of benzene rings is 2. The molecule has 2 rings (SSSR count). The van der Waals surface area contributed by atoms with Gasteiger partial charge < -0.3 is 5.32 Å². The van der Waals surface area contributed by atoms with Crippen molar-refractivity contribution in [3.63, 3.8) is 0 Å². The summed E-state index contributed by atoms with van der Waals surface area (Å²) in [4.78, 5) is 13.1. The van der Waals surface area contributed by atoms with Crippen molar-refractivity contribution in [1.29, 1.82) is 0 Å². The highest BCUT2D eigenvalue weighted by atomic mass is 32.2. The van der Waals surface area contributed by atoms with Gasteiger partial charge in [0.05, 0.1) is 17.7 Å². The van der Waals surface area contributed by atoms with Gasteiger partial charge in [0.1, 0.15) is 5.78 Å². The van der Waals surface area contributed by atoms with Crippen LogP contribution >= 0.6 is 0 Å². The third-order valence-corrected chi connectivity index (χ3v) is 4.13. The highest BCUT2D eigenvalue weighted by molar-refractivity contribution is 7.89. The van der Waals surface area contributed by atoms with E-state index in [9.17, 15) is 13.2 Å². The van der Waals surface area contributed by atoms with Crippen molar-refractivity contribution in [2.45, 2.75) is 11.8 Å². The van der Waals surface area contributed by atoms with Gasteiger partial charge in [-0.25, -0.2) is 4.83 Å². The number of hydrogen-bond acceptors (Lipinski definition) is 5. The van der Waals surface area contributed by atoms with Crippen molar-refractivity contribution in [3.8, 4) is 0 Å². The summed E-state index contributed by atoms with van der Waals surface area (Å²) in [6.45, 7) is 1.67. The van der Waals surface area contributed by atoms with Gasteiger partial charge in [0.2, 0.25) is 0 Å². The molecule has 0 aliphatic rings. The molecular formula is C16H17N3O3S. The standard InChI is InChI=1S/C16H17N3O3S/c1-13(20)11-17-15-7-9-16(10-8-15)23(21,22)19-18-12-14-5-3-2-4-6-14/h2-10,12,17,19H,11H2,1H3. The van der Waals surface area contributed by atoms with Crippen LogP contribution in [-0.2, 0) is 14.8 Å². The maximum absolute atomic E-state index is 12.1. The maximum Gasteiger partial charge on any atom is 0.276 e. The van der Waals surface area contributed by atoms with Crippen LogP contribution < -0.4 is 10.1 Å². The Bertz CT molecular complexity index is 785. The summed E-state index contributed by atoms with van der Waals surface area (Å²) in [5.41, 5.74) is 1.46.